The number of hydrogen-bond acceptors (Lipinski definition) is 4. The Morgan fingerprint density at radius 2 is 1.95 bits per heavy atom. The monoisotopic (exact) mass is 323 g/mol. The third-order valence-corrected chi connectivity index (χ3v) is 4.82. The Morgan fingerprint density at radius 3 is 2.55 bits per heavy atom. The minimum absolute atomic E-state index is 0.325. The molecule has 1 aliphatic heterocycles. The standard InChI is InChI=1S/C16H21NO4S/c1-12(21-11-13-5-3-2-4-6-13)14(18)17-16(15(19)20)7-9-22-10-8-16/h2-6,12H,7-11H2,1H3,(H,17,18)(H,19,20). The van der Waals surface area contributed by atoms with Gasteiger partial charge < -0.3 is 15.2 Å². The second-order valence-electron chi connectivity index (χ2n) is 5.43. The van der Waals surface area contributed by atoms with Crippen LogP contribution in [-0.4, -0.2) is 40.1 Å². The van der Waals surface area contributed by atoms with Crippen molar-refractivity contribution in [1.29, 1.82) is 0 Å². The first-order valence-electron chi connectivity index (χ1n) is 7.32. The highest BCUT2D eigenvalue weighted by Crippen LogP contribution is 2.27. The summed E-state index contributed by atoms with van der Waals surface area (Å²) in [5.74, 6) is 0.152. The number of amides is 1. The van der Waals surface area contributed by atoms with Gasteiger partial charge in [-0.15, -0.1) is 0 Å². The highest BCUT2D eigenvalue weighted by molar-refractivity contribution is 7.99. The minimum Gasteiger partial charge on any atom is -0.480 e. The lowest BCUT2D eigenvalue weighted by Crippen LogP contribution is -2.58. The van der Waals surface area contributed by atoms with Crippen molar-refractivity contribution in [3.05, 3.63) is 35.9 Å². The van der Waals surface area contributed by atoms with Crippen LogP contribution in [-0.2, 0) is 20.9 Å². The SMILES string of the molecule is CC(OCc1ccccc1)C(=O)NC1(C(=O)O)CCSCC1. The highest BCUT2D eigenvalue weighted by Gasteiger charge is 2.42. The minimum atomic E-state index is -1.15. The predicted octanol–water partition coefficient (Wildman–Crippen LogP) is 2.06. The Kier molecular flexibility index (Phi) is 5.85. The van der Waals surface area contributed by atoms with Crippen molar-refractivity contribution in [3.8, 4) is 0 Å². The normalized spacial score (nSPS) is 18.4. The van der Waals surface area contributed by atoms with Gasteiger partial charge in [-0.2, -0.15) is 11.8 Å². The number of carboxylic acid groups (broad SMARTS) is 1. The average Bonchev–Trinajstić information content (AvgIpc) is 2.54. The summed E-state index contributed by atoms with van der Waals surface area (Å²) in [5.41, 5.74) is -0.170. The number of carbonyl (C=O) groups is 2. The number of aliphatic carboxylic acids is 1. The zero-order chi connectivity index (χ0) is 16.0. The van der Waals surface area contributed by atoms with Gasteiger partial charge in [0.1, 0.15) is 11.6 Å². The lowest BCUT2D eigenvalue weighted by Gasteiger charge is -2.34. The number of carbonyl (C=O) groups excluding carboxylic acids is 1. The van der Waals surface area contributed by atoms with Crippen LogP contribution in [0, 0.1) is 0 Å². The predicted molar refractivity (Wildman–Crippen MR) is 85.8 cm³/mol. The molecule has 1 saturated heterocycles. The first-order valence-corrected chi connectivity index (χ1v) is 8.48. The second kappa shape index (κ2) is 7.65. The van der Waals surface area contributed by atoms with E-state index in [9.17, 15) is 14.7 Å². The van der Waals surface area contributed by atoms with Crippen LogP contribution >= 0.6 is 11.8 Å². The number of thioether (sulfide) groups is 1. The summed E-state index contributed by atoms with van der Waals surface area (Å²) in [7, 11) is 0. The van der Waals surface area contributed by atoms with E-state index in [2.05, 4.69) is 5.32 Å². The number of benzene rings is 1. The van der Waals surface area contributed by atoms with Gasteiger partial charge in [0.2, 0.25) is 5.91 Å². The first kappa shape index (κ1) is 16.8. The number of rotatable bonds is 6. The highest BCUT2D eigenvalue weighted by atomic mass is 32.2. The van der Waals surface area contributed by atoms with E-state index in [1.165, 1.54) is 0 Å². The van der Waals surface area contributed by atoms with E-state index in [4.69, 9.17) is 4.74 Å². The molecule has 0 bridgehead atoms. The molecule has 6 heteroatoms. The Labute approximate surface area is 134 Å². The van der Waals surface area contributed by atoms with Crippen LogP contribution in [0.5, 0.6) is 0 Å². The molecule has 1 aromatic rings. The Bertz CT molecular complexity index is 514. The van der Waals surface area contributed by atoms with Crippen LogP contribution in [0.1, 0.15) is 25.3 Å². The lowest BCUT2D eigenvalue weighted by atomic mass is 9.92. The number of ether oxygens (including phenoxy) is 1. The van der Waals surface area contributed by atoms with E-state index in [1.807, 2.05) is 30.3 Å². The number of hydrogen-bond donors (Lipinski definition) is 2. The smallest absolute Gasteiger partial charge is 0.329 e. The molecular formula is C16H21NO4S. The molecule has 2 N–H and O–H groups in total. The third-order valence-electron chi connectivity index (χ3n) is 3.83. The quantitative estimate of drug-likeness (QED) is 0.838. The van der Waals surface area contributed by atoms with Crippen molar-refractivity contribution >= 4 is 23.6 Å². The third kappa shape index (κ3) is 4.24. The van der Waals surface area contributed by atoms with Crippen molar-refractivity contribution in [1.82, 2.24) is 5.32 Å². The maximum absolute atomic E-state index is 12.2. The summed E-state index contributed by atoms with van der Waals surface area (Å²) >= 11 is 1.71. The summed E-state index contributed by atoms with van der Waals surface area (Å²) < 4.78 is 5.55. The molecule has 1 atom stereocenters. The molecule has 0 radical (unpaired) electrons. The molecule has 1 heterocycles. The van der Waals surface area contributed by atoms with Crippen LogP contribution < -0.4 is 5.32 Å². The first-order chi connectivity index (χ1) is 10.5. The Balaban J connectivity index is 1.90. The van der Waals surface area contributed by atoms with Gasteiger partial charge in [-0.3, -0.25) is 4.79 Å². The van der Waals surface area contributed by atoms with Crippen LogP contribution in [0.15, 0.2) is 30.3 Å². The van der Waals surface area contributed by atoms with E-state index in [0.717, 1.165) is 17.1 Å². The fourth-order valence-electron chi connectivity index (χ4n) is 2.32. The molecule has 22 heavy (non-hydrogen) atoms. The van der Waals surface area contributed by atoms with Crippen molar-refractivity contribution < 1.29 is 19.4 Å². The van der Waals surface area contributed by atoms with Crippen LogP contribution in [0.3, 0.4) is 0 Å². The van der Waals surface area contributed by atoms with Crippen LogP contribution in [0.4, 0.5) is 0 Å². The summed E-state index contributed by atoms with van der Waals surface area (Å²) in [6, 6.07) is 9.56. The van der Waals surface area contributed by atoms with Gasteiger partial charge in [0, 0.05) is 0 Å². The molecule has 0 aromatic heterocycles. The molecule has 5 nitrogen and oxygen atoms in total. The van der Waals surface area contributed by atoms with Gasteiger partial charge in [-0.1, -0.05) is 30.3 Å². The van der Waals surface area contributed by atoms with Crippen molar-refractivity contribution in [3.63, 3.8) is 0 Å². The molecule has 1 aliphatic rings. The van der Waals surface area contributed by atoms with E-state index in [-0.39, 0.29) is 5.91 Å². The van der Waals surface area contributed by atoms with Crippen molar-refractivity contribution in [2.45, 2.75) is 38.0 Å². The second-order valence-corrected chi connectivity index (χ2v) is 6.65. The molecule has 120 valence electrons. The maximum atomic E-state index is 12.2. The molecular weight excluding hydrogens is 302 g/mol. The zero-order valence-electron chi connectivity index (χ0n) is 12.6. The van der Waals surface area contributed by atoms with E-state index >= 15 is 0 Å². The molecule has 0 aliphatic carbocycles. The number of carboxylic acids is 1. The van der Waals surface area contributed by atoms with E-state index in [1.54, 1.807) is 18.7 Å². The Hall–Kier alpha value is -1.53. The van der Waals surface area contributed by atoms with Gasteiger partial charge >= 0.3 is 5.97 Å². The van der Waals surface area contributed by atoms with Crippen LogP contribution in [0.25, 0.3) is 0 Å². The molecule has 0 spiro atoms. The zero-order valence-corrected chi connectivity index (χ0v) is 13.4. The summed E-state index contributed by atoms with van der Waals surface area (Å²) in [4.78, 5) is 23.8. The Morgan fingerprint density at radius 1 is 1.32 bits per heavy atom. The van der Waals surface area contributed by atoms with Crippen molar-refractivity contribution in [2.75, 3.05) is 11.5 Å². The molecule has 2 rings (SSSR count). The molecule has 1 amide bonds. The fraction of sp³-hybridized carbons (Fsp3) is 0.500. The summed E-state index contributed by atoms with van der Waals surface area (Å²) in [5, 5.41) is 12.2. The van der Waals surface area contributed by atoms with Gasteiger partial charge in [0.25, 0.3) is 0 Å². The van der Waals surface area contributed by atoms with Gasteiger partial charge in [0.05, 0.1) is 6.61 Å². The van der Waals surface area contributed by atoms with E-state index < -0.39 is 17.6 Å². The molecule has 0 saturated carbocycles. The molecule has 1 fully saturated rings. The van der Waals surface area contributed by atoms with E-state index in [0.29, 0.717) is 19.4 Å². The fourth-order valence-corrected chi connectivity index (χ4v) is 3.51. The maximum Gasteiger partial charge on any atom is 0.329 e. The van der Waals surface area contributed by atoms with Gasteiger partial charge in [0.15, 0.2) is 0 Å². The van der Waals surface area contributed by atoms with Crippen LogP contribution in [0.2, 0.25) is 0 Å². The lowest BCUT2D eigenvalue weighted by molar-refractivity contribution is -0.150. The summed E-state index contributed by atoms with van der Waals surface area (Å²) in [6.07, 6.45) is 0.208. The average molecular weight is 323 g/mol. The molecule has 1 unspecified atom stereocenters. The van der Waals surface area contributed by atoms with Gasteiger partial charge in [-0.25, -0.2) is 4.79 Å². The van der Waals surface area contributed by atoms with Crippen molar-refractivity contribution in [2.24, 2.45) is 0 Å². The molecule has 1 aromatic carbocycles. The number of nitrogens with one attached hydrogen (secondary N) is 1. The van der Waals surface area contributed by atoms with Gasteiger partial charge in [-0.05, 0) is 36.8 Å². The largest absolute Gasteiger partial charge is 0.480 e. The topological polar surface area (TPSA) is 75.6 Å². The summed E-state index contributed by atoms with van der Waals surface area (Å²) in [6.45, 7) is 1.97.